The predicted molar refractivity (Wildman–Crippen MR) is 62.1 cm³/mol. The van der Waals surface area contributed by atoms with E-state index in [1.54, 1.807) is 0 Å². The molecule has 1 heterocycles. The average Bonchev–Trinajstić information content (AvgIpc) is 2.07. The van der Waals surface area contributed by atoms with Gasteiger partial charge in [0.05, 0.1) is 12.0 Å². The third kappa shape index (κ3) is 1.88. The molecule has 2 rings (SSSR count). The molecule has 0 fully saturated rings. The molecule has 0 N–H and O–H groups in total. The molecule has 0 unspecified atom stereocenters. The molecule has 3 heteroatoms. The molecule has 0 spiro atoms. The lowest BCUT2D eigenvalue weighted by molar-refractivity contribution is 0.0618. The largest absolute Gasteiger partial charge is 0.487 e. The van der Waals surface area contributed by atoms with Crippen LogP contribution in [0.2, 0.25) is 0 Å². The van der Waals surface area contributed by atoms with Gasteiger partial charge in [0, 0.05) is 4.90 Å². The first-order valence-electron chi connectivity index (χ1n) is 4.95. The van der Waals surface area contributed by atoms with Gasteiger partial charge in [-0.15, -0.1) is 12.6 Å². The molecule has 15 heavy (non-hydrogen) atoms. The SMILES string of the molecule is Cc1cc2c(cc1S)OC(C)(C)CC2=O. The topological polar surface area (TPSA) is 26.3 Å². The molecule has 0 saturated carbocycles. The van der Waals surface area contributed by atoms with Gasteiger partial charge < -0.3 is 4.74 Å². The van der Waals surface area contributed by atoms with Crippen LogP contribution in [-0.4, -0.2) is 11.4 Å². The fourth-order valence-corrected chi connectivity index (χ4v) is 1.98. The summed E-state index contributed by atoms with van der Waals surface area (Å²) >= 11 is 4.33. The lowest BCUT2D eigenvalue weighted by Gasteiger charge is -2.31. The van der Waals surface area contributed by atoms with E-state index in [0.29, 0.717) is 17.7 Å². The number of benzene rings is 1. The predicted octanol–water partition coefficient (Wildman–Crippen LogP) is 3.03. The molecule has 0 bridgehead atoms. The highest BCUT2D eigenvalue weighted by Gasteiger charge is 2.32. The van der Waals surface area contributed by atoms with Crippen molar-refractivity contribution in [3.8, 4) is 5.75 Å². The zero-order valence-electron chi connectivity index (χ0n) is 9.13. The number of aryl methyl sites for hydroxylation is 1. The molecule has 0 aromatic heterocycles. The minimum Gasteiger partial charge on any atom is -0.487 e. The quantitative estimate of drug-likeness (QED) is 0.683. The van der Waals surface area contributed by atoms with E-state index in [1.807, 2.05) is 32.9 Å². The molecule has 0 aliphatic carbocycles. The third-order valence-electron chi connectivity index (χ3n) is 2.57. The number of carbonyl (C=O) groups excluding carboxylic acids is 1. The Morgan fingerprint density at radius 1 is 1.40 bits per heavy atom. The maximum atomic E-state index is 11.9. The molecule has 1 aromatic rings. The van der Waals surface area contributed by atoms with Crippen LogP contribution in [0.1, 0.15) is 36.2 Å². The highest BCUT2D eigenvalue weighted by atomic mass is 32.1. The van der Waals surface area contributed by atoms with Crippen LogP contribution in [0.5, 0.6) is 5.75 Å². The standard InChI is InChI=1S/C12H14O2S/c1-7-4-8-9(13)6-12(2,3)14-10(8)5-11(7)15/h4-5,15H,6H2,1-3H3. The first kappa shape index (κ1) is 10.6. The van der Waals surface area contributed by atoms with E-state index < -0.39 is 5.60 Å². The molecule has 80 valence electrons. The van der Waals surface area contributed by atoms with Gasteiger partial charge >= 0.3 is 0 Å². The van der Waals surface area contributed by atoms with Gasteiger partial charge in [-0.1, -0.05) is 0 Å². The minimum absolute atomic E-state index is 0.151. The molecular weight excluding hydrogens is 208 g/mol. The van der Waals surface area contributed by atoms with Crippen LogP contribution in [0.4, 0.5) is 0 Å². The summed E-state index contributed by atoms with van der Waals surface area (Å²) in [7, 11) is 0. The fourth-order valence-electron chi connectivity index (χ4n) is 1.80. The number of hydrogen-bond acceptors (Lipinski definition) is 3. The zero-order chi connectivity index (χ0) is 11.2. The maximum Gasteiger partial charge on any atom is 0.170 e. The van der Waals surface area contributed by atoms with Crippen molar-refractivity contribution in [1.82, 2.24) is 0 Å². The van der Waals surface area contributed by atoms with Crippen LogP contribution in [0.15, 0.2) is 17.0 Å². The minimum atomic E-state index is -0.403. The van der Waals surface area contributed by atoms with Crippen LogP contribution >= 0.6 is 12.6 Å². The van der Waals surface area contributed by atoms with Crippen molar-refractivity contribution in [3.05, 3.63) is 23.3 Å². The number of carbonyl (C=O) groups is 1. The van der Waals surface area contributed by atoms with Crippen molar-refractivity contribution in [2.24, 2.45) is 0 Å². The lowest BCUT2D eigenvalue weighted by atomic mass is 9.92. The van der Waals surface area contributed by atoms with Crippen molar-refractivity contribution in [1.29, 1.82) is 0 Å². The van der Waals surface area contributed by atoms with Crippen molar-refractivity contribution >= 4 is 18.4 Å². The number of Topliss-reactive ketones (excluding diaryl/α,β-unsaturated/α-hetero) is 1. The summed E-state index contributed by atoms with van der Waals surface area (Å²) in [6.45, 7) is 5.79. The van der Waals surface area contributed by atoms with Crippen LogP contribution in [-0.2, 0) is 0 Å². The molecule has 0 saturated heterocycles. The second kappa shape index (κ2) is 3.27. The number of hydrogen-bond donors (Lipinski definition) is 1. The normalized spacial score (nSPS) is 18.3. The van der Waals surface area contributed by atoms with Crippen LogP contribution in [0, 0.1) is 6.92 Å². The number of rotatable bonds is 0. The zero-order valence-corrected chi connectivity index (χ0v) is 10.0. The van der Waals surface area contributed by atoms with Gasteiger partial charge in [0.2, 0.25) is 0 Å². The molecule has 1 aliphatic rings. The average molecular weight is 222 g/mol. The van der Waals surface area contributed by atoms with Crippen LogP contribution < -0.4 is 4.74 Å². The highest BCUT2D eigenvalue weighted by Crippen LogP contribution is 2.35. The van der Waals surface area contributed by atoms with Gasteiger partial charge in [-0.3, -0.25) is 4.79 Å². The van der Waals surface area contributed by atoms with Gasteiger partial charge in [-0.05, 0) is 38.5 Å². The molecule has 1 aromatic carbocycles. The lowest BCUT2D eigenvalue weighted by Crippen LogP contribution is -2.35. The Morgan fingerprint density at radius 2 is 2.07 bits per heavy atom. The van der Waals surface area contributed by atoms with E-state index in [0.717, 1.165) is 10.5 Å². The Hall–Kier alpha value is -0.960. The van der Waals surface area contributed by atoms with Crippen molar-refractivity contribution in [2.45, 2.75) is 37.7 Å². The summed E-state index contributed by atoms with van der Waals surface area (Å²) in [5, 5.41) is 0. The Balaban J connectivity index is 2.56. The molecular formula is C12H14O2S. The number of thiol groups is 1. The summed E-state index contributed by atoms with van der Waals surface area (Å²) in [4.78, 5) is 12.7. The second-order valence-electron chi connectivity index (χ2n) is 4.60. The number of ketones is 1. The van der Waals surface area contributed by atoms with Crippen molar-refractivity contribution in [3.63, 3.8) is 0 Å². The van der Waals surface area contributed by atoms with Gasteiger partial charge in [-0.25, -0.2) is 0 Å². The summed E-state index contributed by atoms with van der Waals surface area (Å²) in [6, 6.07) is 3.68. The first-order valence-corrected chi connectivity index (χ1v) is 5.40. The Bertz CT molecular complexity index is 435. The monoisotopic (exact) mass is 222 g/mol. The van der Waals surface area contributed by atoms with Gasteiger partial charge in [0.15, 0.2) is 5.78 Å². The van der Waals surface area contributed by atoms with E-state index in [1.165, 1.54) is 0 Å². The maximum absolute atomic E-state index is 11.9. The summed E-state index contributed by atoms with van der Waals surface area (Å²) in [6.07, 6.45) is 0.436. The van der Waals surface area contributed by atoms with Gasteiger partial charge in [0.25, 0.3) is 0 Å². The van der Waals surface area contributed by atoms with E-state index in [4.69, 9.17) is 4.74 Å². The molecule has 0 amide bonds. The number of ether oxygens (including phenoxy) is 1. The second-order valence-corrected chi connectivity index (χ2v) is 5.08. The molecule has 0 radical (unpaired) electrons. The Labute approximate surface area is 95.0 Å². The first-order chi connectivity index (χ1) is 6.89. The van der Waals surface area contributed by atoms with Gasteiger partial charge in [0.1, 0.15) is 11.4 Å². The Morgan fingerprint density at radius 3 is 2.73 bits per heavy atom. The molecule has 0 atom stereocenters. The highest BCUT2D eigenvalue weighted by molar-refractivity contribution is 7.80. The molecule has 1 aliphatic heterocycles. The van der Waals surface area contributed by atoms with Crippen molar-refractivity contribution < 1.29 is 9.53 Å². The van der Waals surface area contributed by atoms with Crippen LogP contribution in [0.3, 0.4) is 0 Å². The van der Waals surface area contributed by atoms with E-state index >= 15 is 0 Å². The number of fused-ring (bicyclic) bond motifs is 1. The summed E-state index contributed by atoms with van der Waals surface area (Å²) in [5.74, 6) is 0.810. The smallest absolute Gasteiger partial charge is 0.170 e. The molecule has 2 nitrogen and oxygen atoms in total. The van der Waals surface area contributed by atoms with E-state index in [9.17, 15) is 4.79 Å². The van der Waals surface area contributed by atoms with Crippen molar-refractivity contribution in [2.75, 3.05) is 0 Å². The summed E-state index contributed by atoms with van der Waals surface area (Å²) < 4.78 is 5.76. The van der Waals surface area contributed by atoms with E-state index in [-0.39, 0.29) is 5.78 Å². The van der Waals surface area contributed by atoms with Crippen LogP contribution in [0.25, 0.3) is 0 Å². The Kier molecular flexibility index (Phi) is 2.30. The van der Waals surface area contributed by atoms with Gasteiger partial charge in [-0.2, -0.15) is 0 Å². The third-order valence-corrected chi connectivity index (χ3v) is 3.05. The fraction of sp³-hybridized carbons (Fsp3) is 0.417. The summed E-state index contributed by atoms with van der Waals surface area (Å²) in [5.41, 5.74) is 1.29. The van der Waals surface area contributed by atoms with E-state index in [2.05, 4.69) is 12.6 Å².